The third kappa shape index (κ3) is 4.50. The summed E-state index contributed by atoms with van der Waals surface area (Å²) in [6.07, 6.45) is -3.96. The fourth-order valence-corrected chi connectivity index (χ4v) is 2.58. The highest BCUT2D eigenvalue weighted by Crippen LogP contribution is 2.31. The normalized spacial score (nSPS) is 12.5. The van der Waals surface area contributed by atoms with Crippen molar-refractivity contribution in [2.75, 3.05) is 0 Å². The maximum atomic E-state index is 12.6. The van der Waals surface area contributed by atoms with Gasteiger partial charge in [-0.05, 0) is 24.3 Å². The number of rotatable bonds is 3. The van der Waals surface area contributed by atoms with Crippen molar-refractivity contribution in [3.05, 3.63) is 62.4 Å². The van der Waals surface area contributed by atoms with Crippen molar-refractivity contribution < 1.29 is 18.4 Å². The fourth-order valence-electron chi connectivity index (χ4n) is 1.83. The third-order valence-corrected chi connectivity index (χ3v) is 3.66. The number of alkyl halides is 3. The van der Waals surface area contributed by atoms with Gasteiger partial charge in [-0.3, -0.25) is 4.98 Å². The predicted octanol–water partition coefficient (Wildman–Crippen LogP) is 5.48. The van der Waals surface area contributed by atoms with Gasteiger partial charge in [0.2, 0.25) is 0 Å². The molecule has 0 atom stereocenters. The van der Waals surface area contributed by atoms with Gasteiger partial charge >= 0.3 is 6.18 Å². The maximum Gasteiger partial charge on any atom is 0.417 e. The van der Waals surface area contributed by atoms with E-state index >= 15 is 0 Å². The largest absolute Gasteiger partial charge is 0.417 e. The van der Waals surface area contributed by atoms with Crippen molar-refractivity contribution in [2.45, 2.75) is 12.6 Å². The van der Waals surface area contributed by atoms with Crippen LogP contribution in [0.2, 0.25) is 15.1 Å². The summed E-state index contributed by atoms with van der Waals surface area (Å²) < 4.78 is 37.8. The average Bonchev–Trinajstić information content (AvgIpc) is 2.43. The maximum absolute atomic E-state index is 12.6. The van der Waals surface area contributed by atoms with E-state index in [4.69, 9.17) is 40.0 Å². The summed E-state index contributed by atoms with van der Waals surface area (Å²) in [7, 11) is 0. The summed E-state index contributed by atoms with van der Waals surface area (Å²) in [6.45, 7) is 0. The van der Waals surface area contributed by atoms with Crippen LogP contribution < -0.4 is 0 Å². The molecule has 3 nitrogen and oxygen atoms in total. The van der Waals surface area contributed by atoms with Gasteiger partial charge in [0.25, 0.3) is 0 Å². The van der Waals surface area contributed by atoms with Gasteiger partial charge in [-0.1, -0.05) is 40.0 Å². The first kappa shape index (κ1) is 17.8. The highest BCUT2D eigenvalue weighted by Gasteiger charge is 2.31. The van der Waals surface area contributed by atoms with Crippen LogP contribution in [0.25, 0.3) is 0 Å². The lowest BCUT2D eigenvalue weighted by atomic mass is 10.0. The summed E-state index contributed by atoms with van der Waals surface area (Å²) in [5, 5.41) is 12.7. The molecular weight excluding hydrogens is 376 g/mol. The number of benzene rings is 1. The smallest absolute Gasteiger partial charge is 0.411 e. The predicted molar refractivity (Wildman–Crippen MR) is 82.7 cm³/mol. The molecule has 0 fully saturated rings. The van der Waals surface area contributed by atoms with E-state index in [1.54, 1.807) is 0 Å². The monoisotopic (exact) mass is 382 g/mol. The SMILES string of the molecule is O/N=C(/Cc1ncc(C(F)(F)F)cc1Cl)c1cc(Cl)cc(Cl)c1. The van der Waals surface area contributed by atoms with Crippen molar-refractivity contribution in [3.8, 4) is 0 Å². The van der Waals surface area contributed by atoms with Gasteiger partial charge in [0.15, 0.2) is 0 Å². The van der Waals surface area contributed by atoms with Crippen molar-refractivity contribution in [1.29, 1.82) is 0 Å². The Bertz CT molecular complexity index is 743. The van der Waals surface area contributed by atoms with Gasteiger partial charge in [0.05, 0.1) is 22.0 Å². The fraction of sp³-hybridized carbons (Fsp3) is 0.143. The van der Waals surface area contributed by atoms with E-state index < -0.39 is 11.7 Å². The Hall–Kier alpha value is -1.50. The second-order valence-electron chi connectivity index (χ2n) is 4.53. The Morgan fingerprint density at radius 2 is 1.70 bits per heavy atom. The highest BCUT2D eigenvalue weighted by molar-refractivity contribution is 6.35. The molecule has 9 heteroatoms. The van der Waals surface area contributed by atoms with E-state index in [-0.39, 0.29) is 22.8 Å². The number of hydrogen-bond acceptors (Lipinski definition) is 3. The number of nitrogens with zero attached hydrogens (tertiary/aromatic N) is 2. The van der Waals surface area contributed by atoms with Gasteiger partial charge in [-0.2, -0.15) is 13.2 Å². The molecule has 0 aliphatic heterocycles. The molecule has 1 aromatic carbocycles. The quantitative estimate of drug-likeness (QED) is 0.433. The molecule has 122 valence electrons. The molecule has 0 bridgehead atoms. The lowest BCUT2D eigenvalue weighted by Gasteiger charge is -2.10. The molecule has 2 aromatic rings. The molecule has 0 aliphatic carbocycles. The first-order chi connectivity index (χ1) is 10.7. The molecule has 1 aromatic heterocycles. The second kappa shape index (κ2) is 6.95. The Labute approximate surface area is 144 Å². The van der Waals surface area contributed by atoms with Gasteiger partial charge in [0, 0.05) is 28.2 Å². The van der Waals surface area contributed by atoms with Crippen molar-refractivity contribution in [1.82, 2.24) is 4.98 Å². The summed E-state index contributed by atoms with van der Waals surface area (Å²) in [5.74, 6) is 0. The lowest BCUT2D eigenvalue weighted by Crippen LogP contribution is -2.10. The molecular formula is C14H8Cl3F3N2O. The summed E-state index contributed by atoms with van der Waals surface area (Å²) >= 11 is 17.6. The zero-order chi connectivity index (χ0) is 17.2. The Morgan fingerprint density at radius 3 is 2.17 bits per heavy atom. The number of aromatic nitrogens is 1. The van der Waals surface area contributed by atoms with E-state index in [0.717, 1.165) is 6.07 Å². The molecule has 0 saturated heterocycles. The molecule has 0 unspecified atom stereocenters. The van der Waals surface area contributed by atoms with Crippen LogP contribution in [0, 0.1) is 0 Å². The molecule has 0 spiro atoms. The highest BCUT2D eigenvalue weighted by atomic mass is 35.5. The molecule has 0 radical (unpaired) electrons. The van der Waals surface area contributed by atoms with Gasteiger partial charge in [-0.25, -0.2) is 0 Å². The standard InChI is InChI=1S/C14H8Cl3F3N2O/c15-9-1-7(2-10(16)4-9)12(22-23)5-13-11(17)3-8(6-21-13)14(18,19)20/h1-4,6,23H,5H2/b22-12-. The van der Waals surface area contributed by atoms with E-state index in [2.05, 4.69) is 10.1 Å². The number of oxime groups is 1. The minimum atomic E-state index is -4.54. The Kier molecular flexibility index (Phi) is 5.39. The van der Waals surface area contributed by atoms with E-state index in [1.165, 1.54) is 18.2 Å². The van der Waals surface area contributed by atoms with Gasteiger partial charge in [0.1, 0.15) is 0 Å². The van der Waals surface area contributed by atoms with Crippen LogP contribution in [-0.4, -0.2) is 15.9 Å². The van der Waals surface area contributed by atoms with Crippen LogP contribution in [0.15, 0.2) is 35.6 Å². The molecule has 23 heavy (non-hydrogen) atoms. The first-order valence-electron chi connectivity index (χ1n) is 6.09. The number of halogens is 6. The Balaban J connectivity index is 2.33. The van der Waals surface area contributed by atoms with Crippen LogP contribution in [0.1, 0.15) is 16.8 Å². The van der Waals surface area contributed by atoms with Crippen LogP contribution in [0.4, 0.5) is 13.2 Å². The molecule has 1 N–H and O–H groups in total. The minimum Gasteiger partial charge on any atom is -0.411 e. The molecule has 0 amide bonds. The van der Waals surface area contributed by atoms with Crippen molar-refractivity contribution in [3.63, 3.8) is 0 Å². The van der Waals surface area contributed by atoms with E-state index in [0.29, 0.717) is 21.8 Å². The molecule has 2 rings (SSSR count). The lowest BCUT2D eigenvalue weighted by molar-refractivity contribution is -0.137. The van der Waals surface area contributed by atoms with Crippen molar-refractivity contribution >= 4 is 40.5 Å². The van der Waals surface area contributed by atoms with E-state index in [9.17, 15) is 13.2 Å². The van der Waals surface area contributed by atoms with Gasteiger partial charge < -0.3 is 5.21 Å². The number of pyridine rings is 1. The molecule has 1 heterocycles. The van der Waals surface area contributed by atoms with Gasteiger partial charge in [-0.15, -0.1) is 0 Å². The van der Waals surface area contributed by atoms with Crippen LogP contribution in [-0.2, 0) is 12.6 Å². The minimum absolute atomic E-state index is 0.0931. The zero-order valence-corrected chi connectivity index (χ0v) is 13.5. The van der Waals surface area contributed by atoms with Crippen LogP contribution in [0.3, 0.4) is 0 Å². The third-order valence-electron chi connectivity index (χ3n) is 2.90. The average molecular weight is 384 g/mol. The molecule has 0 saturated carbocycles. The van der Waals surface area contributed by atoms with Crippen LogP contribution >= 0.6 is 34.8 Å². The van der Waals surface area contributed by atoms with E-state index in [1.807, 2.05) is 0 Å². The summed E-state index contributed by atoms with van der Waals surface area (Å²) in [4.78, 5) is 3.69. The first-order valence-corrected chi connectivity index (χ1v) is 7.23. The topological polar surface area (TPSA) is 45.5 Å². The van der Waals surface area contributed by atoms with Crippen molar-refractivity contribution in [2.24, 2.45) is 5.16 Å². The molecule has 0 aliphatic rings. The Morgan fingerprint density at radius 1 is 1.09 bits per heavy atom. The summed E-state index contributed by atoms with van der Waals surface area (Å²) in [6, 6.07) is 5.26. The number of hydrogen-bond donors (Lipinski definition) is 1. The summed E-state index contributed by atoms with van der Waals surface area (Å²) in [5.41, 5.74) is -0.311. The van der Waals surface area contributed by atoms with Crippen LogP contribution in [0.5, 0.6) is 0 Å². The zero-order valence-electron chi connectivity index (χ0n) is 11.2. The second-order valence-corrected chi connectivity index (χ2v) is 5.81.